The second-order valence-corrected chi connectivity index (χ2v) is 7.26. The predicted octanol–water partition coefficient (Wildman–Crippen LogP) is 5.14. The van der Waals surface area contributed by atoms with Crippen LogP contribution in [0.3, 0.4) is 0 Å². The molecule has 0 aliphatic rings. The Kier molecular flexibility index (Phi) is 4.82. The van der Waals surface area contributed by atoms with E-state index in [1.54, 1.807) is 7.11 Å². The van der Waals surface area contributed by atoms with Crippen LogP contribution in [-0.2, 0) is 13.1 Å². The van der Waals surface area contributed by atoms with Gasteiger partial charge in [0, 0.05) is 47.8 Å². The van der Waals surface area contributed by atoms with Crippen molar-refractivity contribution in [2.45, 2.75) is 33.0 Å². The van der Waals surface area contributed by atoms with Crippen LogP contribution in [0.25, 0.3) is 21.8 Å². The largest absolute Gasteiger partial charge is 0.497 e. The summed E-state index contributed by atoms with van der Waals surface area (Å²) in [5.74, 6) is 0.887. The molecule has 4 heteroatoms. The van der Waals surface area contributed by atoms with Crippen molar-refractivity contribution in [1.29, 1.82) is 0 Å². The second kappa shape index (κ2) is 7.41. The summed E-state index contributed by atoms with van der Waals surface area (Å²) in [6.07, 6.45) is 4.11. The number of hydrogen-bond donors (Lipinski definition) is 1. The number of aromatic nitrogens is 2. The third-order valence-electron chi connectivity index (χ3n) is 5.11. The van der Waals surface area contributed by atoms with E-state index in [0.717, 1.165) is 29.9 Å². The van der Waals surface area contributed by atoms with Crippen LogP contribution in [-0.4, -0.2) is 28.0 Å². The molecular formula is C23H25N3O. The Morgan fingerprint density at radius 2 is 1.93 bits per heavy atom. The highest BCUT2D eigenvalue weighted by molar-refractivity contribution is 5.84. The van der Waals surface area contributed by atoms with Crippen LogP contribution in [0.5, 0.6) is 5.75 Å². The molecule has 0 amide bonds. The molecule has 0 aliphatic heterocycles. The van der Waals surface area contributed by atoms with Gasteiger partial charge in [0.25, 0.3) is 0 Å². The van der Waals surface area contributed by atoms with Gasteiger partial charge in [-0.2, -0.15) is 0 Å². The van der Waals surface area contributed by atoms with E-state index in [9.17, 15) is 0 Å². The molecule has 1 N–H and O–H groups in total. The summed E-state index contributed by atoms with van der Waals surface area (Å²) in [7, 11) is 1.71. The molecule has 0 saturated carbocycles. The van der Waals surface area contributed by atoms with E-state index < -0.39 is 0 Å². The third-order valence-corrected chi connectivity index (χ3v) is 5.11. The maximum absolute atomic E-state index is 5.40. The molecule has 2 aromatic heterocycles. The minimum atomic E-state index is 0.423. The van der Waals surface area contributed by atoms with E-state index in [-0.39, 0.29) is 0 Å². The van der Waals surface area contributed by atoms with Crippen molar-refractivity contribution >= 4 is 21.8 Å². The highest BCUT2D eigenvalue weighted by Crippen LogP contribution is 2.26. The Morgan fingerprint density at radius 3 is 2.74 bits per heavy atom. The number of hydrogen-bond acceptors (Lipinski definition) is 3. The molecule has 2 aromatic carbocycles. The first-order valence-electron chi connectivity index (χ1n) is 9.36. The molecule has 27 heavy (non-hydrogen) atoms. The first-order valence-corrected chi connectivity index (χ1v) is 9.36. The fourth-order valence-electron chi connectivity index (χ4n) is 3.49. The Labute approximate surface area is 159 Å². The van der Waals surface area contributed by atoms with Gasteiger partial charge in [-0.1, -0.05) is 18.2 Å². The number of rotatable bonds is 6. The SMILES string of the molecule is COc1ccc2[nH]cc(CN(Cc3cnc4ccccc4c3)C(C)C)c2c1. The molecule has 0 unspecified atom stereocenters. The second-order valence-electron chi connectivity index (χ2n) is 7.26. The summed E-state index contributed by atoms with van der Waals surface area (Å²) < 4.78 is 5.40. The zero-order chi connectivity index (χ0) is 18.8. The highest BCUT2D eigenvalue weighted by atomic mass is 16.5. The molecule has 0 atom stereocenters. The zero-order valence-corrected chi connectivity index (χ0v) is 16.1. The van der Waals surface area contributed by atoms with Gasteiger partial charge in [0.1, 0.15) is 5.75 Å². The van der Waals surface area contributed by atoms with Gasteiger partial charge in [-0.15, -0.1) is 0 Å². The normalized spacial score (nSPS) is 11.7. The Balaban J connectivity index is 1.61. The number of ether oxygens (including phenoxy) is 1. The minimum Gasteiger partial charge on any atom is -0.497 e. The van der Waals surface area contributed by atoms with Crippen molar-refractivity contribution in [3.8, 4) is 5.75 Å². The van der Waals surface area contributed by atoms with E-state index in [0.29, 0.717) is 6.04 Å². The molecule has 0 spiro atoms. The smallest absolute Gasteiger partial charge is 0.119 e. The number of H-pyrrole nitrogens is 1. The molecule has 4 nitrogen and oxygen atoms in total. The lowest BCUT2D eigenvalue weighted by atomic mass is 10.1. The summed E-state index contributed by atoms with van der Waals surface area (Å²) >= 11 is 0. The fourth-order valence-corrected chi connectivity index (χ4v) is 3.49. The Hall–Kier alpha value is -2.85. The summed E-state index contributed by atoms with van der Waals surface area (Å²) in [4.78, 5) is 10.5. The van der Waals surface area contributed by atoms with Crippen molar-refractivity contribution in [2.24, 2.45) is 0 Å². The molecule has 4 rings (SSSR count). The average Bonchev–Trinajstić information content (AvgIpc) is 3.09. The monoisotopic (exact) mass is 359 g/mol. The van der Waals surface area contributed by atoms with Crippen molar-refractivity contribution in [3.63, 3.8) is 0 Å². The van der Waals surface area contributed by atoms with Crippen molar-refractivity contribution in [2.75, 3.05) is 7.11 Å². The zero-order valence-electron chi connectivity index (χ0n) is 16.1. The van der Waals surface area contributed by atoms with Gasteiger partial charge >= 0.3 is 0 Å². The van der Waals surface area contributed by atoms with Crippen LogP contribution >= 0.6 is 0 Å². The first-order chi connectivity index (χ1) is 13.1. The summed E-state index contributed by atoms with van der Waals surface area (Å²) in [5.41, 5.74) is 4.70. The van der Waals surface area contributed by atoms with Crippen LogP contribution in [0.1, 0.15) is 25.0 Å². The standard InChI is InChI=1S/C23H25N3O/c1-16(2)26(14-17-10-18-6-4-5-7-22(18)24-12-17)15-19-13-25-23-9-8-20(27-3)11-21(19)23/h4-13,16,25H,14-15H2,1-3H3. The van der Waals surface area contributed by atoms with E-state index >= 15 is 0 Å². The number of para-hydroxylation sites is 1. The number of benzene rings is 2. The van der Waals surface area contributed by atoms with Crippen molar-refractivity contribution < 1.29 is 4.74 Å². The van der Waals surface area contributed by atoms with E-state index in [1.807, 2.05) is 18.3 Å². The number of nitrogens with zero attached hydrogens (tertiary/aromatic N) is 2. The lowest BCUT2D eigenvalue weighted by Crippen LogP contribution is -2.29. The van der Waals surface area contributed by atoms with E-state index in [2.05, 4.69) is 71.3 Å². The topological polar surface area (TPSA) is 41.1 Å². The van der Waals surface area contributed by atoms with Crippen molar-refractivity contribution in [1.82, 2.24) is 14.9 Å². The number of methoxy groups -OCH3 is 1. The number of fused-ring (bicyclic) bond motifs is 2. The van der Waals surface area contributed by atoms with Gasteiger partial charge in [-0.3, -0.25) is 9.88 Å². The summed E-state index contributed by atoms with van der Waals surface area (Å²) in [5, 5.41) is 2.41. The molecule has 0 aliphatic carbocycles. The quantitative estimate of drug-likeness (QED) is 0.518. The number of nitrogens with one attached hydrogen (secondary N) is 1. The maximum atomic E-state index is 5.40. The minimum absolute atomic E-state index is 0.423. The van der Waals surface area contributed by atoms with Gasteiger partial charge in [0.05, 0.1) is 12.6 Å². The number of pyridine rings is 1. The number of aromatic amines is 1. The molecule has 0 saturated heterocycles. The lowest BCUT2D eigenvalue weighted by molar-refractivity contribution is 0.204. The molecular weight excluding hydrogens is 334 g/mol. The van der Waals surface area contributed by atoms with Crippen LogP contribution in [0.2, 0.25) is 0 Å². The van der Waals surface area contributed by atoms with Crippen LogP contribution < -0.4 is 4.74 Å². The summed E-state index contributed by atoms with van der Waals surface area (Å²) in [6, 6.07) is 17.1. The molecule has 4 aromatic rings. The van der Waals surface area contributed by atoms with Crippen LogP contribution in [0.4, 0.5) is 0 Å². The maximum Gasteiger partial charge on any atom is 0.119 e. The first kappa shape index (κ1) is 17.6. The third kappa shape index (κ3) is 3.67. The van der Waals surface area contributed by atoms with Gasteiger partial charge in [-0.05, 0) is 55.3 Å². The molecule has 0 radical (unpaired) electrons. The van der Waals surface area contributed by atoms with Crippen LogP contribution in [0, 0.1) is 0 Å². The predicted molar refractivity (Wildman–Crippen MR) is 111 cm³/mol. The Morgan fingerprint density at radius 1 is 1.07 bits per heavy atom. The van der Waals surface area contributed by atoms with Crippen molar-refractivity contribution in [3.05, 3.63) is 72.1 Å². The average molecular weight is 359 g/mol. The van der Waals surface area contributed by atoms with E-state index in [1.165, 1.54) is 21.9 Å². The molecule has 2 heterocycles. The summed E-state index contributed by atoms with van der Waals surface area (Å²) in [6.45, 7) is 6.22. The molecule has 138 valence electrons. The fraction of sp³-hybridized carbons (Fsp3) is 0.261. The molecule has 0 bridgehead atoms. The van der Waals surface area contributed by atoms with Gasteiger partial charge in [-0.25, -0.2) is 0 Å². The molecule has 0 fully saturated rings. The van der Waals surface area contributed by atoms with Gasteiger partial charge in [0.15, 0.2) is 0 Å². The lowest BCUT2D eigenvalue weighted by Gasteiger charge is -2.26. The Bertz CT molecular complexity index is 1070. The van der Waals surface area contributed by atoms with Crippen LogP contribution in [0.15, 0.2) is 60.9 Å². The van der Waals surface area contributed by atoms with Gasteiger partial charge in [0.2, 0.25) is 0 Å². The highest BCUT2D eigenvalue weighted by Gasteiger charge is 2.14. The van der Waals surface area contributed by atoms with Gasteiger partial charge < -0.3 is 9.72 Å². The van der Waals surface area contributed by atoms with E-state index in [4.69, 9.17) is 4.74 Å².